The number of ether oxygens (including phenoxy) is 5. The standard InChI is InChI=1S/C18H27N3O9S/c1-26-13-6-5-12(9-14(13)27-2)31(24,25)21-7-8-30-15(21)10-19-17(22)18(23)20-11-16(28-3)29-4/h5-6,9,15-16H,7-8,10-11H2,1-4H3,(H,19,22)(H,20,23). The minimum Gasteiger partial charge on any atom is -0.493 e. The molecule has 174 valence electrons. The van der Waals surface area contributed by atoms with Gasteiger partial charge in [-0.15, -0.1) is 0 Å². The minimum absolute atomic E-state index is 0.0186. The maximum absolute atomic E-state index is 13.1. The first-order chi connectivity index (χ1) is 14.8. The molecule has 1 unspecified atom stereocenters. The van der Waals surface area contributed by atoms with Crippen LogP contribution >= 0.6 is 0 Å². The van der Waals surface area contributed by atoms with Crippen LogP contribution in [-0.4, -0.2) is 91.7 Å². The molecule has 1 atom stereocenters. The second-order valence-corrected chi connectivity index (χ2v) is 8.17. The van der Waals surface area contributed by atoms with Crippen LogP contribution in [0.5, 0.6) is 11.5 Å². The third-order valence-electron chi connectivity index (χ3n) is 4.50. The second-order valence-electron chi connectivity index (χ2n) is 6.28. The lowest BCUT2D eigenvalue weighted by Crippen LogP contribution is -2.48. The summed E-state index contributed by atoms with van der Waals surface area (Å²) in [4.78, 5) is 23.9. The van der Waals surface area contributed by atoms with Gasteiger partial charge in [-0.05, 0) is 12.1 Å². The average molecular weight is 461 g/mol. The van der Waals surface area contributed by atoms with E-state index in [-0.39, 0.29) is 36.9 Å². The fourth-order valence-corrected chi connectivity index (χ4v) is 4.36. The quantitative estimate of drug-likeness (QED) is 0.328. The van der Waals surface area contributed by atoms with E-state index in [0.29, 0.717) is 5.75 Å². The molecular formula is C18H27N3O9S. The number of sulfonamides is 1. The highest BCUT2D eigenvalue weighted by Gasteiger charge is 2.37. The third kappa shape index (κ3) is 6.04. The summed E-state index contributed by atoms with van der Waals surface area (Å²) in [6, 6.07) is 4.22. The van der Waals surface area contributed by atoms with Gasteiger partial charge < -0.3 is 34.3 Å². The summed E-state index contributed by atoms with van der Waals surface area (Å²) in [5.41, 5.74) is 0. The number of amides is 2. The third-order valence-corrected chi connectivity index (χ3v) is 6.39. The highest BCUT2D eigenvalue weighted by Crippen LogP contribution is 2.31. The summed E-state index contributed by atoms with van der Waals surface area (Å²) in [5.74, 6) is -1.20. The van der Waals surface area contributed by atoms with Crippen LogP contribution in [0.15, 0.2) is 23.1 Å². The first kappa shape index (κ1) is 24.8. The van der Waals surface area contributed by atoms with E-state index >= 15 is 0 Å². The molecule has 1 aromatic carbocycles. The number of hydrogen-bond acceptors (Lipinski definition) is 9. The Balaban J connectivity index is 2.02. The molecule has 0 spiro atoms. The van der Waals surface area contributed by atoms with Crippen LogP contribution in [0.2, 0.25) is 0 Å². The van der Waals surface area contributed by atoms with Crippen LogP contribution in [0, 0.1) is 0 Å². The van der Waals surface area contributed by atoms with E-state index in [1.807, 2.05) is 0 Å². The van der Waals surface area contributed by atoms with Gasteiger partial charge in [0.25, 0.3) is 0 Å². The Hall–Kier alpha value is -2.45. The molecule has 2 amide bonds. The van der Waals surface area contributed by atoms with Crippen LogP contribution < -0.4 is 20.1 Å². The van der Waals surface area contributed by atoms with Gasteiger partial charge in [0.15, 0.2) is 17.8 Å². The van der Waals surface area contributed by atoms with Crippen LogP contribution in [0.25, 0.3) is 0 Å². The molecule has 2 N–H and O–H groups in total. The lowest BCUT2D eigenvalue weighted by Gasteiger charge is -2.23. The Morgan fingerprint density at radius 3 is 2.35 bits per heavy atom. The van der Waals surface area contributed by atoms with E-state index in [4.69, 9.17) is 23.7 Å². The molecule has 1 aromatic rings. The zero-order chi connectivity index (χ0) is 23.0. The van der Waals surface area contributed by atoms with Gasteiger partial charge in [0.05, 0.1) is 38.8 Å². The highest BCUT2D eigenvalue weighted by molar-refractivity contribution is 7.89. The lowest BCUT2D eigenvalue weighted by atomic mass is 10.3. The number of carbonyl (C=O) groups excluding carboxylic acids is 2. The molecule has 1 saturated heterocycles. The predicted molar refractivity (Wildman–Crippen MR) is 107 cm³/mol. The molecule has 0 bridgehead atoms. The number of nitrogens with one attached hydrogen (secondary N) is 2. The van der Waals surface area contributed by atoms with Crippen molar-refractivity contribution in [2.75, 3.05) is 54.7 Å². The average Bonchev–Trinajstić information content (AvgIpc) is 3.27. The van der Waals surface area contributed by atoms with Gasteiger partial charge in [0.2, 0.25) is 10.0 Å². The Morgan fingerprint density at radius 1 is 1.10 bits per heavy atom. The van der Waals surface area contributed by atoms with E-state index in [1.165, 1.54) is 46.6 Å². The van der Waals surface area contributed by atoms with Crippen LogP contribution in [0.4, 0.5) is 0 Å². The molecule has 1 aliphatic rings. The molecule has 1 heterocycles. The topological polar surface area (TPSA) is 142 Å². The van der Waals surface area contributed by atoms with E-state index < -0.39 is 34.4 Å². The summed E-state index contributed by atoms with van der Waals surface area (Å²) in [6.45, 7) is -0.00880. The predicted octanol–water partition coefficient (Wildman–Crippen LogP) is -1.10. The van der Waals surface area contributed by atoms with Crippen molar-refractivity contribution in [1.29, 1.82) is 0 Å². The summed E-state index contributed by atoms with van der Waals surface area (Å²) in [5, 5.41) is 4.72. The first-order valence-corrected chi connectivity index (χ1v) is 10.7. The largest absolute Gasteiger partial charge is 0.493 e. The monoisotopic (exact) mass is 461 g/mol. The van der Waals surface area contributed by atoms with E-state index in [1.54, 1.807) is 0 Å². The Bertz CT molecular complexity index is 874. The van der Waals surface area contributed by atoms with Crippen molar-refractivity contribution in [2.45, 2.75) is 17.4 Å². The fraction of sp³-hybridized carbons (Fsp3) is 0.556. The van der Waals surface area contributed by atoms with E-state index in [2.05, 4.69) is 10.6 Å². The number of methoxy groups -OCH3 is 4. The minimum atomic E-state index is -3.95. The van der Waals surface area contributed by atoms with Gasteiger partial charge >= 0.3 is 11.8 Å². The molecule has 1 aliphatic heterocycles. The molecule has 0 saturated carbocycles. The molecule has 13 heteroatoms. The Kier molecular flexibility index (Phi) is 9.00. The van der Waals surface area contributed by atoms with Gasteiger partial charge in [0, 0.05) is 26.8 Å². The summed E-state index contributed by atoms with van der Waals surface area (Å²) in [6.07, 6.45) is -1.67. The Labute approximate surface area is 180 Å². The molecular weight excluding hydrogens is 434 g/mol. The number of benzene rings is 1. The molecule has 31 heavy (non-hydrogen) atoms. The summed E-state index contributed by atoms with van der Waals surface area (Å²) in [7, 11) is 1.68. The van der Waals surface area contributed by atoms with Crippen LogP contribution in [0.3, 0.4) is 0 Å². The van der Waals surface area contributed by atoms with Crippen molar-refractivity contribution in [1.82, 2.24) is 14.9 Å². The number of nitrogens with zero attached hydrogens (tertiary/aromatic N) is 1. The zero-order valence-corrected chi connectivity index (χ0v) is 18.6. The van der Waals surface area contributed by atoms with Crippen LogP contribution in [-0.2, 0) is 33.8 Å². The first-order valence-electron chi connectivity index (χ1n) is 9.25. The smallest absolute Gasteiger partial charge is 0.309 e. The van der Waals surface area contributed by atoms with Crippen molar-refractivity contribution in [3.63, 3.8) is 0 Å². The van der Waals surface area contributed by atoms with Gasteiger partial charge in [-0.3, -0.25) is 9.59 Å². The van der Waals surface area contributed by atoms with Crippen molar-refractivity contribution in [3.8, 4) is 11.5 Å². The van der Waals surface area contributed by atoms with Crippen molar-refractivity contribution in [2.24, 2.45) is 0 Å². The zero-order valence-electron chi connectivity index (χ0n) is 17.7. The van der Waals surface area contributed by atoms with Crippen molar-refractivity contribution in [3.05, 3.63) is 18.2 Å². The van der Waals surface area contributed by atoms with Gasteiger partial charge in [0.1, 0.15) is 6.23 Å². The SMILES string of the molecule is COc1ccc(S(=O)(=O)N2CCOC2CNC(=O)C(=O)NCC(OC)OC)cc1OC. The summed E-state index contributed by atoms with van der Waals surface area (Å²) < 4.78 is 52.8. The number of hydrogen-bond donors (Lipinski definition) is 2. The van der Waals surface area contributed by atoms with Crippen molar-refractivity contribution >= 4 is 21.8 Å². The van der Waals surface area contributed by atoms with Crippen molar-refractivity contribution < 1.29 is 41.7 Å². The summed E-state index contributed by atoms with van der Waals surface area (Å²) >= 11 is 0. The van der Waals surface area contributed by atoms with Crippen LogP contribution in [0.1, 0.15) is 0 Å². The maximum Gasteiger partial charge on any atom is 0.309 e. The molecule has 0 aliphatic carbocycles. The second kappa shape index (κ2) is 11.2. The number of carbonyl (C=O) groups is 2. The van der Waals surface area contributed by atoms with E-state index in [0.717, 1.165) is 4.31 Å². The van der Waals surface area contributed by atoms with Gasteiger partial charge in [-0.2, -0.15) is 4.31 Å². The van der Waals surface area contributed by atoms with Gasteiger partial charge in [-0.25, -0.2) is 8.42 Å². The maximum atomic E-state index is 13.1. The molecule has 2 rings (SSSR count). The molecule has 0 aromatic heterocycles. The molecule has 0 radical (unpaired) electrons. The molecule has 12 nitrogen and oxygen atoms in total. The van der Waals surface area contributed by atoms with Gasteiger partial charge in [-0.1, -0.05) is 0 Å². The fourth-order valence-electron chi connectivity index (χ4n) is 2.83. The van der Waals surface area contributed by atoms with E-state index in [9.17, 15) is 18.0 Å². The number of rotatable bonds is 10. The Morgan fingerprint density at radius 2 is 1.74 bits per heavy atom. The normalized spacial score (nSPS) is 16.9. The molecule has 1 fully saturated rings. The lowest BCUT2D eigenvalue weighted by molar-refractivity contribution is -0.142. The highest BCUT2D eigenvalue weighted by atomic mass is 32.2.